The first kappa shape index (κ1) is 10.5. The molecule has 0 aliphatic heterocycles. The molecule has 0 amide bonds. The highest BCUT2D eigenvalue weighted by Crippen LogP contribution is 1.81. The highest BCUT2D eigenvalue weighted by molar-refractivity contribution is 4.88. The van der Waals surface area contributed by atoms with Crippen molar-refractivity contribution >= 4 is 0 Å². The number of hydrogen-bond donors (Lipinski definition) is 0. The van der Waals surface area contributed by atoms with Crippen molar-refractivity contribution in [1.82, 2.24) is 0 Å². The first-order chi connectivity index (χ1) is 3.65. The van der Waals surface area contributed by atoms with E-state index in [9.17, 15) is 0 Å². The van der Waals surface area contributed by atoms with E-state index >= 15 is 0 Å². The smallest absolute Gasteiger partial charge is 0.0500 e. The average Bonchev–Trinajstić information content (AvgIpc) is 1.65. The minimum atomic E-state index is 0.833. The molecular formula is C8H16. The van der Waals surface area contributed by atoms with Gasteiger partial charge in [-0.1, -0.05) is 46.1 Å². The Kier molecular flexibility index (Phi) is 12.7. The molecule has 0 aromatic rings. The summed E-state index contributed by atoms with van der Waals surface area (Å²) in [6.45, 7) is 13.2. The second-order valence-electron chi connectivity index (χ2n) is 2.20. The summed E-state index contributed by atoms with van der Waals surface area (Å²) in [4.78, 5) is 0. The van der Waals surface area contributed by atoms with Gasteiger partial charge >= 0.3 is 0 Å². The molecule has 0 aliphatic rings. The van der Waals surface area contributed by atoms with Crippen LogP contribution in [0.5, 0.6) is 0 Å². The van der Waals surface area contributed by atoms with Crippen molar-refractivity contribution in [1.29, 1.82) is 0 Å². The molecule has 0 fully saturated rings. The standard InChI is InChI=1S/C4H10.C4H6/c1-4(2)3;1-3-4-2/h4H,1-3H3;3-4H,1-2H2. The van der Waals surface area contributed by atoms with Gasteiger partial charge in [0, 0.05) is 0 Å². The summed E-state index contributed by atoms with van der Waals surface area (Å²) in [5, 5.41) is 0. The van der Waals surface area contributed by atoms with Crippen LogP contribution >= 0.6 is 0 Å². The molecule has 0 bridgehead atoms. The lowest BCUT2D eigenvalue weighted by Crippen LogP contribution is -1.66. The Morgan fingerprint density at radius 3 is 1.12 bits per heavy atom. The topological polar surface area (TPSA) is 0 Å². The molecule has 48 valence electrons. The van der Waals surface area contributed by atoms with Crippen molar-refractivity contribution in [3.63, 3.8) is 0 Å². The lowest BCUT2D eigenvalue weighted by atomic mass is 10.3. The van der Waals surface area contributed by atoms with Crippen LogP contribution in [-0.2, 0) is 0 Å². The van der Waals surface area contributed by atoms with Gasteiger partial charge in [-0.05, 0) is 5.92 Å². The van der Waals surface area contributed by atoms with Gasteiger partial charge in [-0.25, -0.2) is 0 Å². The lowest BCUT2D eigenvalue weighted by Gasteiger charge is -1.79. The summed E-state index contributed by atoms with van der Waals surface area (Å²) in [5.41, 5.74) is 0. The summed E-state index contributed by atoms with van der Waals surface area (Å²) >= 11 is 0. The normalized spacial score (nSPS) is 7.00. The summed E-state index contributed by atoms with van der Waals surface area (Å²) in [6.07, 6.45) is 3.28. The van der Waals surface area contributed by atoms with Crippen LogP contribution in [-0.4, -0.2) is 0 Å². The zero-order chi connectivity index (χ0) is 6.99. The summed E-state index contributed by atoms with van der Waals surface area (Å²) < 4.78 is 0. The van der Waals surface area contributed by atoms with Crippen molar-refractivity contribution in [2.75, 3.05) is 0 Å². The molecule has 0 saturated heterocycles. The average molecular weight is 112 g/mol. The van der Waals surface area contributed by atoms with Crippen molar-refractivity contribution in [3.05, 3.63) is 25.3 Å². The van der Waals surface area contributed by atoms with E-state index in [-0.39, 0.29) is 0 Å². The minimum absolute atomic E-state index is 0.833. The molecule has 0 heterocycles. The molecule has 0 nitrogen and oxygen atoms in total. The van der Waals surface area contributed by atoms with E-state index in [0.717, 1.165) is 5.92 Å². The second-order valence-corrected chi connectivity index (χ2v) is 2.20. The predicted molar refractivity (Wildman–Crippen MR) is 40.9 cm³/mol. The molecule has 0 saturated carbocycles. The van der Waals surface area contributed by atoms with Crippen LogP contribution < -0.4 is 0 Å². The van der Waals surface area contributed by atoms with Crippen LogP contribution in [0.4, 0.5) is 0 Å². The van der Waals surface area contributed by atoms with E-state index in [1.54, 1.807) is 12.2 Å². The molecule has 0 N–H and O–H groups in total. The summed E-state index contributed by atoms with van der Waals surface area (Å²) in [6, 6.07) is 0. The van der Waals surface area contributed by atoms with Crippen LogP contribution in [0.15, 0.2) is 25.3 Å². The Bertz CT molecular complexity index is 42.3. The summed E-state index contributed by atoms with van der Waals surface area (Å²) in [7, 11) is 0. The SMILES string of the molecule is C=CC=C.CC(C)C. The van der Waals surface area contributed by atoms with Gasteiger partial charge < -0.3 is 0 Å². The molecule has 0 atom stereocenters. The van der Waals surface area contributed by atoms with Crippen molar-refractivity contribution in [2.24, 2.45) is 5.92 Å². The van der Waals surface area contributed by atoms with E-state index in [0.29, 0.717) is 0 Å². The fourth-order valence-electron chi connectivity index (χ4n) is 0. The van der Waals surface area contributed by atoms with Gasteiger partial charge in [-0.2, -0.15) is 0 Å². The third-order valence-electron chi connectivity index (χ3n) is 0.167. The van der Waals surface area contributed by atoms with Gasteiger partial charge in [0.25, 0.3) is 0 Å². The highest BCUT2D eigenvalue weighted by Gasteiger charge is 1.68. The van der Waals surface area contributed by atoms with Crippen LogP contribution in [0.3, 0.4) is 0 Å². The Morgan fingerprint density at radius 1 is 1.00 bits per heavy atom. The van der Waals surface area contributed by atoms with E-state index in [1.165, 1.54) is 0 Å². The maximum Gasteiger partial charge on any atom is -0.0500 e. The molecule has 8 heavy (non-hydrogen) atoms. The fourth-order valence-corrected chi connectivity index (χ4v) is 0. The highest BCUT2D eigenvalue weighted by atomic mass is 13.7. The fraction of sp³-hybridized carbons (Fsp3) is 0.500. The monoisotopic (exact) mass is 112 g/mol. The molecule has 0 aromatic carbocycles. The molecular weight excluding hydrogens is 96.1 g/mol. The molecule has 0 spiro atoms. The minimum Gasteiger partial charge on any atom is -0.0991 e. The van der Waals surface area contributed by atoms with Gasteiger partial charge in [-0.3, -0.25) is 0 Å². The molecule has 0 heteroatoms. The maximum atomic E-state index is 3.36. The maximum absolute atomic E-state index is 3.36. The van der Waals surface area contributed by atoms with E-state index in [2.05, 4.69) is 33.9 Å². The van der Waals surface area contributed by atoms with Gasteiger partial charge in [0.15, 0.2) is 0 Å². The predicted octanol–water partition coefficient (Wildman–Crippen LogP) is 3.02. The van der Waals surface area contributed by atoms with E-state index in [1.807, 2.05) is 0 Å². The van der Waals surface area contributed by atoms with Crippen molar-refractivity contribution in [3.8, 4) is 0 Å². The Balaban J connectivity index is 0. The Labute approximate surface area is 52.9 Å². The molecule has 0 aliphatic carbocycles. The van der Waals surface area contributed by atoms with Crippen molar-refractivity contribution in [2.45, 2.75) is 20.8 Å². The molecule has 0 radical (unpaired) electrons. The third kappa shape index (κ3) is 477. The Hall–Kier alpha value is -0.520. The van der Waals surface area contributed by atoms with E-state index in [4.69, 9.17) is 0 Å². The van der Waals surface area contributed by atoms with Gasteiger partial charge in [0.2, 0.25) is 0 Å². The second kappa shape index (κ2) is 9.70. The first-order valence-electron chi connectivity index (χ1n) is 2.88. The van der Waals surface area contributed by atoms with E-state index < -0.39 is 0 Å². The molecule has 0 aromatic heterocycles. The largest absolute Gasteiger partial charge is 0.0991 e. The van der Waals surface area contributed by atoms with Gasteiger partial charge in [0.1, 0.15) is 0 Å². The molecule has 0 rings (SSSR count). The van der Waals surface area contributed by atoms with Crippen LogP contribution in [0.2, 0.25) is 0 Å². The lowest BCUT2D eigenvalue weighted by molar-refractivity contribution is 0.737. The van der Waals surface area contributed by atoms with Gasteiger partial charge in [-0.15, -0.1) is 0 Å². The van der Waals surface area contributed by atoms with Gasteiger partial charge in [0.05, 0.1) is 0 Å². The Morgan fingerprint density at radius 2 is 1.12 bits per heavy atom. The summed E-state index contributed by atoms with van der Waals surface area (Å²) in [5.74, 6) is 0.833. The number of rotatable bonds is 1. The van der Waals surface area contributed by atoms with Crippen LogP contribution in [0, 0.1) is 5.92 Å². The van der Waals surface area contributed by atoms with Crippen LogP contribution in [0.25, 0.3) is 0 Å². The number of hydrogen-bond acceptors (Lipinski definition) is 0. The number of allylic oxidation sites excluding steroid dienone is 2. The van der Waals surface area contributed by atoms with Crippen LogP contribution in [0.1, 0.15) is 20.8 Å². The third-order valence-corrected chi connectivity index (χ3v) is 0.167. The quantitative estimate of drug-likeness (QED) is 0.457. The van der Waals surface area contributed by atoms with Crippen molar-refractivity contribution < 1.29 is 0 Å². The zero-order valence-electron chi connectivity index (χ0n) is 6.15. The molecule has 0 unspecified atom stereocenters. The zero-order valence-corrected chi connectivity index (χ0v) is 6.15. The first-order valence-corrected chi connectivity index (χ1v) is 2.88.